The highest BCUT2D eigenvalue weighted by Gasteiger charge is 2.08. The molecule has 3 rings (SSSR count). The third kappa shape index (κ3) is 4.05. The SMILES string of the molecule is O=C(Cc1c[nH]c2ccccc12)NCCOc1ccc(Cl)cc1. The number of ether oxygens (including phenoxy) is 1. The number of carbonyl (C=O) groups excluding carboxylic acids is 1. The first-order chi connectivity index (χ1) is 11.2. The maximum atomic E-state index is 12.0. The molecule has 0 saturated heterocycles. The molecule has 23 heavy (non-hydrogen) atoms. The van der Waals surface area contributed by atoms with Crippen molar-refractivity contribution in [3.8, 4) is 5.75 Å². The largest absolute Gasteiger partial charge is 0.492 e. The number of amides is 1. The molecule has 4 nitrogen and oxygen atoms in total. The van der Waals surface area contributed by atoms with Gasteiger partial charge >= 0.3 is 0 Å². The summed E-state index contributed by atoms with van der Waals surface area (Å²) in [5, 5.41) is 4.62. The van der Waals surface area contributed by atoms with Gasteiger partial charge in [0.25, 0.3) is 0 Å². The minimum atomic E-state index is -0.0190. The van der Waals surface area contributed by atoms with Crippen LogP contribution in [0.2, 0.25) is 5.02 Å². The zero-order valence-corrected chi connectivity index (χ0v) is 13.3. The van der Waals surface area contributed by atoms with E-state index in [1.54, 1.807) is 24.3 Å². The Morgan fingerprint density at radius 1 is 1.13 bits per heavy atom. The van der Waals surface area contributed by atoms with Crippen LogP contribution in [0.15, 0.2) is 54.7 Å². The molecule has 3 aromatic rings. The Morgan fingerprint density at radius 3 is 2.74 bits per heavy atom. The molecule has 0 unspecified atom stereocenters. The maximum absolute atomic E-state index is 12.0. The van der Waals surface area contributed by atoms with E-state index in [1.165, 1.54) is 0 Å². The summed E-state index contributed by atoms with van der Waals surface area (Å²) < 4.78 is 5.54. The van der Waals surface area contributed by atoms with Crippen LogP contribution in [0.4, 0.5) is 0 Å². The van der Waals surface area contributed by atoms with Gasteiger partial charge in [-0.2, -0.15) is 0 Å². The van der Waals surface area contributed by atoms with Gasteiger partial charge in [0.05, 0.1) is 13.0 Å². The molecular weight excluding hydrogens is 312 g/mol. The molecule has 0 spiro atoms. The average Bonchev–Trinajstić information content (AvgIpc) is 2.96. The van der Waals surface area contributed by atoms with Crippen LogP contribution in [-0.4, -0.2) is 24.0 Å². The summed E-state index contributed by atoms with van der Waals surface area (Å²) in [4.78, 5) is 15.2. The van der Waals surface area contributed by atoms with Crippen LogP contribution in [-0.2, 0) is 11.2 Å². The number of halogens is 1. The van der Waals surface area contributed by atoms with Crippen molar-refractivity contribution in [2.24, 2.45) is 0 Å². The van der Waals surface area contributed by atoms with Gasteiger partial charge in [-0.1, -0.05) is 29.8 Å². The number of H-pyrrole nitrogens is 1. The fraction of sp³-hybridized carbons (Fsp3) is 0.167. The Morgan fingerprint density at radius 2 is 1.91 bits per heavy atom. The third-order valence-electron chi connectivity index (χ3n) is 3.53. The van der Waals surface area contributed by atoms with Gasteiger partial charge in [-0.15, -0.1) is 0 Å². The van der Waals surface area contributed by atoms with Crippen LogP contribution in [0.1, 0.15) is 5.56 Å². The lowest BCUT2D eigenvalue weighted by molar-refractivity contribution is -0.120. The lowest BCUT2D eigenvalue weighted by Crippen LogP contribution is -2.29. The molecule has 0 atom stereocenters. The van der Waals surface area contributed by atoms with E-state index in [9.17, 15) is 4.79 Å². The molecule has 1 amide bonds. The molecule has 0 saturated carbocycles. The van der Waals surface area contributed by atoms with Crippen molar-refractivity contribution in [1.29, 1.82) is 0 Å². The Labute approximate surface area is 139 Å². The molecule has 0 aliphatic heterocycles. The number of hydrogen-bond donors (Lipinski definition) is 2. The van der Waals surface area contributed by atoms with Gasteiger partial charge in [-0.25, -0.2) is 0 Å². The number of para-hydroxylation sites is 1. The van der Waals surface area contributed by atoms with Gasteiger partial charge in [0.15, 0.2) is 0 Å². The Balaban J connectivity index is 1.45. The number of nitrogens with one attached hydrogen (secondary N) is 2. The predicted molar refractivity (Wildman–Crippen MR) is 92.0 cm³/mol. The van der Waals surface area contributed by atoms with Crippen LogP contribution in [0.5, 0.6) is 5.75 Å². The highest BCUT2D eigenvalue weighted by molar-refractivity contribution is 6.30. The predicted octanol–water partition coefficient (Wildman–Crippen LogP) is 3.56. The van der Waals surface area contributed by atoms with Crippen LogP contribution in [0.25, 0.3) is 10.9 Å². The normalized spacial score (nSPS) is 10.7. The summed E-state index contributed by atoms with van der Waals surface area (Å²) in [6.07, 6.45) is 2.24. The maximum Gasteiger partial charge on any atom is 0.224 e. The van der Waals surface area contributed by atoms with Crippen molar-refractivity contribution < 1.29 is 9.53 Å². The van der Waals surface area contributed by atoms with Crippen LogP contribution in [0, 0.1) is 0 Å². The summed E-state index contributed by atoms with van der Waals surface area (Å²) in [5.74, 6) is 0.717. The first-order valence-electron chi connectivity index (χ1n) is 7.42. The Bertz CT molecular complexity index is 796. The molecule has 0 aliphatic rings. The van der Waals surface area contributed by atoms with E-state index in [0.29, 0.717) is 24.6 Å². The quantitative estimate of drug-likeness (QED) is 0.680. The summed E-state index contributed by atoms with van der Waals surface area (Å²) in [6, 6.07) is 15.1. The molecule has 0 aliphatic carbocycles. The van der Waals surface area contributed by atoms with Gasteiger partial charge in [-0.3, -0.25) is 4.79 Å². The van der Waals surface area contributed by atoms with Gasteiger partial charge < -0.3 is 15.0 Å². The first kappa shape index (κ1) is 15.4. The molecule has 1 aromatic heterocycles. The van der Waals surface area contributed by atoms with Crippen molar-refractivity contribution in [1.82, 2.24) is 10.3 Å². The van der Waals surface area contributed by atoms with Crippen LogP contribution in [0.3, 0.4) is 0 Å². The minimum Gasteiger partial charge on any atom is -0.492 e. The van der Waals surface area contributed by atoms with Gasteiger partial charge in [-0.05, 0) is 35.9 Å². The van der Waals surface area contributed by atoms with Crippen molar-refractivity contribution in [3.05, 3.63) is 65.3 Å². The first-order valence-corrected chi connectivity index (χ1v) is 7.80. The monoisotopic (exact) mass is 328 g/mol. The van der Waals surface area contributed by atoms with Crippen molar-refractivity contribution in [2.75, 3.05) is 13.2 Å². The molecule has 0 bridgehead atoms. The second-order valence-corrected chi connectivity index (χ2v) is 5.63. The second kappa shape index (κ2) is 7.20. The van der Waals surface area contributed by atoms with E-state index >= 15 is 0 Å². The fourth-order valence-corrected chi connectivity index (χ4v) is 2.53. The smallest absolute Gasteiger partial charge is 0.224 e. The number of carbonyl (C=O) groups is 1. The number of fused-ring (bicyclic) bond motifs is 1. The molecule has 0 fully saturated rings. The molecule has 5 heteroatoms. The summed E-state index contributed by atoms with van der Waals surface area (Å²) in [5.41, 5.74) is 2.04. The lowest BCUT2D eigenvalue weighted by atomic mass is 10.1. The van der Waals surface area contributed by atoms with Gasteiger partial charge in [0.1, 0.15) is 12.4 Å². The molecular formula is C18H17ClN2O2. The topological polar surface area (TPSA) is 54.1 Å². The zero-order chi connectivity index (χ0) is 16.1. The highest BCUT2D eigenvalue weighted by atomic mass is 35.5. The lowest BCUT2D eigenvalue weighted by Gasteiger charge is -2.07. The minimum absolute atomic E-state index is 0.0190. The summed E-state index contributed by atoms with van der Waals surface area (Å²) in [7, 11) is 0. The van der Waals surface area contributed by atoms with E-state index in [-0.39, 0.29) is 5.91 Å². The van der Waals surface area contributed by atoms with Crippen molar-refractivity contribution in [2.45, 2.75) is 6.42 Å². The summed E-state index contributed by atoms with van der Waals surface area (Å²) >= 11 is 5.81. The standard InChI is InChI=1S/C18H17ClN2O2/c19-14-5-7-15(8-6-14)23-10-9-20-18(22)11-13-12-21-17-4-2-1-3-16(13)17/h1-8,12,21H,9-11H2,(H,20,22). The molecule has 2 aromatic carbocycles. The van der Waals surface area contributed by atoms with Gasteiger partial charge in [0.2, 0.25) is 5.91 Å². The van der Waals surface area contributed by atoms with Crippen LogP contribution >= 0.6 is 11.6 Å². The number of rotatable bonds is 6. The van der Waals surface area contributed by atoms with Crippen molar-refractivity contribution >= 4 is 28.4 Å². The molecule has 118 valence electrons. The number of benzene rings is 2. The highest BCUT2D eigenvalue weighted by Crippen LogP contribution is 2.18. The van der Waals surface area contributed by atoms with E-state index in [2.05, 4.69) is 10.3 Å². The molecule has 0 radical (unpaired) electrons. The third-order valence-corrected chi connectivity index (χ3v) is 3.78. The second-order valence-electron chi connectivity index (χ2n) is 5.19. The number of aromatic nitrogens is 1. The molecule has 2 N–H and O–H groups in total. The van der Waals surface area contributed by atoms with E-state index in [1.807, 2.05) is 30.5 Å². The Kier molecular flexibility index (Phi) is 4.83. The van der Waals surface area contributed by atoms with Crippen molar-refractivity contribution in [3.63, 3.8) is 0 Å². The van der Waals surface area contributed by atoms with E-state index in [0.717, 1.165) is 22.2 Å². The Hall–Kier alpha value is -2.46. The average molecular weight is 329 g/mol. The number of aromatic amines is 1. The van der Waals surface area contributed by atoms with E-state index in [4.69, 9.17) is 16.3 Å². The van der Waals surface area contributed by atoms with Crippen LogP contribution < -0.4 is 10.1 Å². The number of hydrogen-bond acceptors (Lipinski definition) is 2. The van der Waals surface area contributed by atoms with E-state index < -0.39 is 0 Å². The summed E-state index contributed by atoms with van der Waals surface area (Å²) in [6.45, 7) is 0.880. The molecule has 1 heterocycles. The van der Waals surface area contributed by atoms with Gasteiger partial charge in [0, 0.05) is 22.1 Å². The fourth-order valence-electron chi connectivity index (χ4n) is 2.40. The zero-order valence-electron chi connectivity index (χ0n) is 12.5.